The van der Waals surface area contributed by atoms with E-state index >= 15 is 0 Å². The molecule has 3 heteroatoms. The van der Waals surface area contributed by atoms with Crippen LogP contribution in [0.2, 0.25) is 0 Å². The monoisotopic (exact) mass is 309 g/mol. The Kier molecular flexibility index (Phi) is 4.49. The second-order valence-corrected chi connectivity index (χ2v) is 6.39. The minimum absolute atomic E-state index is 0.0667. The van der Waals surface area contributed by atoms with E-state index in [0.717, 1.165) is 22.4 Å². The quantitative estimate of drug-likeness (QED) is 0.931. The number of rotatable bonds is 3. The first-order chi connectivity index (χ1) is 11.1. The van der Waals surface area contributed by atoms with Gasteiger partial charge in [-0.15, -0.1) is 0 Å². The number of aryl methyl sites for hydroxylation is 2. The van der Waals surface area contributed by atoms with Crippen LogP contribution < -0.4 is 5.32 Å². The van der Waals surface area contributed by atoms with E-state index in [4.69, 9.17) is 4.74 Å². The minimum atomic E-state index is -0.503. The molecule has 0 aromatic heterocycles. The first-order valence-electron chi connectivity index (χ1n) is 8.13. The molecule has 1 N–H and O–H groups in total. The first-order valence-corrected chi connectivity index (χ1v) is 8.13. The van der Waals surface area contributed by atoms with Gasteiger partial charge in [-0.05, 0) is 55.5 Å². The molecule has 0 bridgehead atoms. The van der Waals surface area contributed by atoms with Crippen molar-refractivity contribution in [2.45, 2.75) is 32.1 Å². The number of carbonyl (C=O) groups excluding carboxylic acids is 1. The van der Waals surface area contributed by atoms with Gasteiger partial charge in [0.25, 0.3) is 0 Å². The maximum Gasteiger partial charge on any atom is 0.235 e. The Morgan fingerprint density at radius 2 is 1.61 bits per heavy atom. The molecule has 3 rings (SSSR count). The van der Waals surface area contributed by atoms with Crippen LogP contribution in [0, 0.1) is 13.8 Å². The Balaban J connectivity index is 1.92. The number of hydrogen-bond acceptors (Lipinski definition) is 2. The van der Waals surface area contributed by atoms with Crippen molar-refractivity contribution < 1.29 is 9.53 Å². The van der Waals surface area contributed by atoms with Crippen LogP contribution in [0.15, 0.2) is 48.5 Å². The SMILES string of the molecule is Cc1cc(C)cc(NC(=O)C2(c3ccccc3)CCOCC2)c1. The van der Waals surface area contributed by atoms with Crippen LogP contribution in [0.5, 0.6) is 0 Å². The van der Waals surface area contributed by atoms with Gasteiger partial charge in [-0.25, -0.2) is 0 Å². The molecule has 3 nitrogen and oxygen atoms in total. The van der Waals surface area contributed by atoms with E-state index in [1.807, 2.05) is 56.3 Å². The van der Waals surface area contributed by atoms with Gasteiger partial charge in [0.15, 0.2) is 0 Å². The molecule has 0 atom stereocenters. The molecule has 0 unspecified atom stereocenters. The zero-order chi connectivity index (χ0) is 16.3. The van der Waals surface area contributed by atoms with E-state index < -0.39 is 5.41 Å². The van der Waals surface area contributed by atoms with E-state index in [-0.39, 0.29) is 5.91 Å². The van der Waals surface area contributed by atoms with E-state index in [2.05, 4.69) is 11.4 Å². The maximum atomic E-state index is 13.1. The summed E-state index contributed by atoms with van der Waals surface area (Å²) in [4.78, 5) is 13.1. The Hall–Kier alpha value is -2.13. The molecule has 0 spiro atoms. The summed E-state index contributed by atoms with van der Waals surface area (Å²) >= 11 is 0. The molecule has 120 valence electrons. The van der Waals surface area contributed by atoms with Gasteiger partial charge in [0.05, 0.1) is 5.41 Å². The average Bonchev–Trinajstić information content (AvgIpc) is 2.55. The fraction of sp³-hybridized carbons (Fsp3) is 0.350. The van der Waals surface area contributed by atoms with Crippen LogP contribution in [0.1, 0.15) is 29.5 Å². The zero-order valence-corrected chi connectivity index (χ0v) is 13.8. The van der Waals surface area contributed by atoms with Gasteiger partial charge in [-0.2, -0.15) is 0 Å². The number of amides is 1. The Labute approximate surface area is 137 Å². The lowest BCUT2D eigenvalue weighted by Crippen LogP contribution is -2.44. The lowest BCUT2D eigenvalue weighted by atomic mass is 9.73. The molecular weight excluding hydrogens is 286 g/mol. The third-order valence-electron chi connectivity index (χ3n) is 4.59. The van der Waals surface area contributed by atoms with Gasteiger partial charge < -0.3 is 10.1 Å². The van der Waals surface area contributed by atoms with Crippen molar-refractivity contribution in [2.75, 3.05) is 18.5 Å². The van der Waals surface area contributed by atoms with Crippen LogP contribution in [0.3, 0.4) is 0 Å². The Morgan fingerprint density at radius 3 is 2.22 bits per heavy atom. The third-order valence-corrected chi connectivity index (χ3v) is 4.59. The van der Waals surface area contributed by atoms with Gasteiger partial charge in [-0.1, -0.05) is 36.4 Å². The van der Waals surface area contributed by atoms with Crippen molar-refractivity contribution in [1.29, 1.82) is 0 Å². The molecule has 1 heterocycles. The van der Waals surface area contributed by atoms with Crippen molar-refractivity contribution in [3.05, 3.63) is 65.2 Å². The van der Waals surface area contributed by atoms with Gasteiger partial charge in [0.1, 0.15) is 0 Å². The lowest BCUT2D eigenvalue weighted by molar-refractivity contribution is -0.125. The van der Waals surface area contributed by atoms with Gasteiger partial charge in [0, 0.05) is 18.9 Å². The van der Waals surface area contributed by atoms with E-state index in [1.165, 1.54) is 0 Å². The summed E-state index contributed by atoms with van der Waals surface area (Å²) in [6.07, 6.45) is 1.43. The largest absolute Gasteiger partial charge is 0.381 e. The number of nitrogens with one attached hydrogen (secondary N) is 1. The van der Waals surface area contributed by atoms with E-state index in [0.29, 0.717) is 26.1 Å². The summed E-state index contributed by atoms with van der Waals surface area (Å²) in [5.41, 5.74) is 3.75. The topological polar surface area (TPSA) is 38.3 Å². The number of carbonyl (C=O) groups is 1. The van der Waals surface area contributed by atoms with Crippen molar-refractivity contribution in [1.82, 2.24) is 0 Å². The lowest BCUT2D eigenvalue weighted by Gasteiger charge is -2.36. The highest BCUT2D eigenvalue weighted by molar-refractivity contribution is 5.99. The summed E-state index contributed by atoms with van der Waals surface area (Å²) in [5.74, 6) is 0.0667. The minimum Gasteiger partial charge on any atom is -0.381 e. The molecule has 1 aliphatic rings. The van der Waals surface area contributed by atoms with Gasteiger partial charge in [-0.3, -0.25) is 4.79 Å². The second-order valence-electron chi connectivity index (χ2n) is 6.39. The van der Waals surface area contributed by atoms with Crippen LogP contribution in [-0.2, 0) is 14.9 Å². The molecule has 1 aliphatic heterocycles. The van der Waals surface area contributed by atoms with E-state index in [9.17, 15) is 4.79 Å². The van der Waals surface area contributed by atoms with Crippen molar-refractivity contribution in [3.8, 4) is 0 Å². The molecule has 0 aliphatic carbocycles. The first kappa shape index (κ1) is 15.8. The number of benzene rings is 2. The number of anilines is 1. The molecule has 2 aromatic carbocycles. The highest BCUT2D eigenvalue weighted by atomic mass is 16.5. The molecule has 23 heavy (non-hydrogen) atoms. The highest BCUT2D eigenvalue weighted by Gasteiger charge is 2.41. The van der Waals surface area contributed by atoms with Crippen LogP contribution in [0.4, 0.5) is 5.69 Å². The summed E-state index contributed by atoms with van der Waals surface area (Å²) in [6.45, 7) is 5.33. The van der Waals surface area contributed by atoms with Crippen LogP contribution >= 0.6 is 0 Å². The summed E-state index contributed by atoms with van der Waals surface area (Å²) < 4.78 is 5.50. The summed E-state index contributed by atoms with van der Waals surface area (Å²) in [5, 5.41) is 3.14. The molecule has 1 fully saturated rings. The van der Waals surface area contributed by atoms with Crippen molar-refractivity contribution in [2.24, 2.45) is 0 Å². The smallest absolute Gasteiger partial charge is 0.235 e. The van der Waals surface area contributed by atoms with Gasteiger partial charge in [0.2, 0.25) is 5.91 Å². The standard InChI is InChI=1S/C20H23NO2/c1-15-12-16(2)14-18(13-15)21-19(22)20(8-10-23-11-9-20)17-6-4-3-5-7-17/h3-7,12-14H,8-11H2,1-2H3,(H,21,22). The number of hydrogen-bond donors (Lipinski definition) is 1. The molecule has 0 radical (unpaired) electrons. The second kappa shape index (κ2) is 6.55. The van der Waals surface area contributed by atoms with Crippen molar-refractivity contribution >= 4 is 11.6 Å². The fourth-order valence-electron chi connectivity index (χ4n) is 3.42. The Morgan fingerprint density at radius 1 is 1.00 bits per heavy atom. The zero-order valence-electron chi connectivity index (χ0n) is 13.8. The molecule has 2 aromatic rings. The third kappa shape index (κ3) is 3.30. The molecule has 1 amide bonds. The van der Waals surface area contributed by atoms with Crippen LogP contribution in [0.25, 0.3) is 0 Å². The van der Waals surface area contributed by atoms with E-state index in [1.54, 1.807) is 0 Å². The predicted octanol–water partition coefficient (Wildman–Crippen LogP) is 3.99. The summed E-state index contributed by atoms with van der Waals surface area (Å²) in [6, 6.07) is 16.2. The highest BCUT2D eigenvalue weighted by Crippen LogP contribution is 2.36. The predicted molar refractivity (Wildman–Crippen MR) is 92.7 cm³/mol. The number of ether oxygens (including phenoxy) is 1. The summed E-state index contributed by atoms with van der Waals surface area (Å²) in [7, 11) is 0. The van der Waals surface area contributed by atoms with Gasteiger partial charge >= 0.3 is 0 Å². The molecule has 1 saturated heterocycles. The average molecular weight is 309 g/mol. The maximum absolute atomic E-state index is 13.1. The Bertz CT molecular complexity index is 668. The molecule has 0 saturated carbocycles. The molecular formula is C20H23NO2. The van der Waals surface area contributed by atoms with Crippen LogP contribution in [-0.4, -0.2) is 19.1 Å². The normalized spacial score (nSPS) is 16.8. The van der Waals surface area contributed by atoms with Crippen molar-refractivity contribution in [3.63, 3.8) is 0 Å². The fourth-order valence-corrected chi connectivity index (χ4v) is 3.42.